The van der Waals surface area contributed by atoms with Crippen LogP contribution in [0.5, 0.6) is 17.2 Å². The van der Waals surface area contributed by atoms with Crippen molar-refractivity contribution in [1.29, 1.82) is 0 Å². The van der Waals surface area contributed by atoms with Crippen LogP contribution in [-0.4, -0.2) is 37.9 Å². The molecular weight excluding hydrogens is 340 g/mol. The van der Waals surface area contributed by atoms with Crippen LogP contribution >= 0.6 is 11.3 Å². The smallest absolute Gasteiger partial charge is 0.231 e. The molecule has 1 aliphatic rings. The second-order valence-electron chi connectivity index (χ2n) is 5.47. The van der Waals surface area contributed by atoms with Crippen molar-refractivity contribution in [3.8, 4) is 17.2 Å². The first-order chi connectivity index (χ1) is 12.2. The molecule has 8 heteroatoms. The standard InChI is InChI=1S/C17H22N4O3S/c1-11-12(2)25-16(21-11)9-20-17(18-3)19-6-7-22-13-4-5-14-15(8-13)24-10-23-14/h4-5,8H,6-7,9-10H2,1-3H3,(H2,18,19,20). The summed E-state index contributed by atoms with van der Waals surface area (Å²) >= 11 is 1.70. The second-order valence-corrected chi connectivity index (χ2v) is 6.75. The maximum Gasteiger partial charge on any atom is 0.231 e. The molecule has 2 heterocycles. The maximum atomic E-state index is 5.72. The van der Waals surface area contributed by atoms with E-state index in [4.69, 9.17) is 14.2 Å². The van der Waals surface area contributed by atoms with Crippen LogP contribution in [-0.2, 0) is 6.54 Å². The zero-order chi connectivity index (χ0) is 17.6. The Balaban J connectivity index is 1.39. The molecule has 0 saturated carbocycles. The van der Waals surface area contributed by atoms with E-state index >= 15 is 0 Å². The summed E-state index contributed by atoms with van der Waals surface area (Å²) in [5.41, 5.74) is 1.09. The molecule has 25 heavy (non-hydrogen) atoms. The van der Waals surface area contributed by atoms with E-state index < -0.39 is 0 Å². The number of aryl methyl sites for hydroxylation is 2. The van der Waals surface area contributed by atoms with Crippen molar-refractivity contribution in [2.75, 3.05) is 27.0 Å². The fourth-order valence-electron chi connectivity index (χ4n) is 2.30. The van der Waals surface area contributed by atoms with Crippen molar-refractivity contribution < 1.29 is 14.2 Å². The topological polar surface area (TPSA) is 77.0 Å². The molecule has 0 amide bonds. The molecule has 0 aliphatic carbocycles. The van der Waals surface area contributed by atoms with Gasteiger partial charge in [-0.05, 0) is 26.0 Å². The van der Waals surface area contributed by atoms with Gasteiger partial charge in [-0.3, -0.25) is 4.99 Å². The first-order valence-electron chi connectivity index (χ1n) is 8.05. The van der Waals surface area contributed by atoms with E-state index in [-0.39, 0.29) is 6.79 Å². The van der Waals surface area contributed by atoms with Crippen LogP contribution in [0.2, 0.25) is 0 Å². The molecule has 0 saturated heterocycles. The van der Waals surface area contributed by atoms with Gasteiger partial charge in [-0.25, -0.2) is 4.98 Å². The number of benzene rings is 1. The number of aliphatic imine (C=N–C) groups is 1. The van der Waals surface area contributed by atoms with Crippen molar-refractivity contribution in [2.24, 2.45) is 4.99 Å². The Bertz CT molecular complexity index is 741. The highest BCUT2D eigenvalue weighted by molar-refractivity contribution is 7.11. The van der Waals surface area contributed by atoms with Gasteiger partial charge in [-0.15, -0.1) is 11.3 Å². The minimum Gasteiger partial charge on any atom is -0.492 e. The Morgan fingerprint density at radius 3 is 2.88 bits per heavy atom. The average Bonchev–Trinajstić information content (AvgIpc) is 3.20. The van der Waals surface area contributed by atoms with Gasteiger partial charge in [0.2, 0.25) is 6.79 Å². The molecule has 0 atom stereocenters. The molecule has 134 valence electrons. The third-order valence-electron chi connectivity index (χ3n) is 3.71. The van der Waals surface area contributed by atoms with E-state index in [0.717, 1.165) is 33.9 Å². The number of nitrogens with one attached hydrogen (secondary N) is 2. The lowest BCUT2D eigenvalue weighted by Gasteiger charge is -2.12. The summed E-state index contributed by atoms with van der Waals surface area (Å²) in [6.07, 6.45) is 0. The van der Waals surface area contributed by atoms with Crippen LogP contribution < -0.4 is 24.8 Å². The van der Waals surface area contributed by atoms with Gasteiger partial charge >= 0.3 is 0 Å². The predicted octanol–water partition coefficient (Wildman–Crippen LogP) is 2.23. The molecule has 0 bridgehead atoms. The number of ether oxygens (including phenoxy) is 3. The summed E-state index contributed by atoms with van der Waals surface area (Å²) in [4.78, 5) is 9.96. The van der Waals surface area contributed by atoms with Crippen molar-refractivity contribution >= 4 is 17.3 Å². The lowest BCUT2D eigenvalue weighted by molar-refractivity contribution is 0.173. The summed E-state index contributed by atoms with van der Waals surface area (Å²) in [6, 6.07) is 5.56. The number of hydrogen-bond acceptors (Lipinski definition) is 6. The van der Waals surface area contributed by atoms with Gasteiger partial charge in [0.05, 0.1) is 18.8 Å². The number of nitrogens with zero attached hydrogens (tertiary/aromatic N) is 2. The van der Waals surface area contributed by atoms with Crippen LogP contribution in [0, 0.1) is 13.8 Å². The minimum absolute atomic E-state index is 0.264. The first kappa shape index (κ1) is 17.3. The quantitative estimate of drug-likeness (QED) is 0.466. The normalized spacial score (nSPS) is 13.0. The molecule has 2 N–H and O–H groups in total. The van der Waals surface area contributed by atoms with Crippen LogP contribution in [0.15, 0.2) is 23.2 Å². The summed E-state index contributed by atoms with van der Waals surface area (Å²) in [6.45, 7) is 6.16. The number of aromatic nitrogens is 1. The minimum atomic E-state index is 0.264. The van der Waals surface area contributed by atoms with Gasteiger partial charge in [-0.1, -0.05) is 0 Å². The Morgan fingerprint density at radius 1 is 1.28 bits per heavy atom. The lowest BCUT2D eigenvalue weighted by atomic mass is 10.3. The molecule has 2 aromatic rings. The van der Waals surface area contributed by atoms with E-state index in [2.05, 4.69) is 27.5 Å². The summed E-state index contributed by atoms with van der Waals surface area (Å²) < 4.78 is 16.3. The molecule has 1 aliphatic heterocycles. The molecule has 7 nitrogen and oxygen atoms in total. The number of guanidine groups is 1. The van der Waals surface area contributed by atoms with Crippen molar-refractivity contribution in [3.63, 3.8) is 0 Å². The molecule has 0 radical (unpaired) electrons. The molecular formula is C17H22N4O3S. The van der Waals surface area contributed by atoms with Gasteiger partial charge in [0.25, 0.3) is 0 Å². The third-order valence-corrected chi connectivity index (χ3v) is 4.78. The predicted molar refractivity (Wildman–Crippen MR) is 97.8 cm³/mol. The van der Waals surface area contributed by atoms with Crippen molar-refractivity contribution in [3.05, 3.63) is 33.8 Å². The average molecular weight is 362 g/mol. The van der Waals surface area contributed by atoms with Gasteiger partial charge in [0.15, 0.2) is 17.5 Å². The highest BCUT2D eigenvalue weighted by atomic mass is 32.1. The highest BCUT2D eigenvalue weighted by Crippen LogP contribution is 2.34. The fourth-order valence-corrected chi connectivity index (χ4v) is 3.17. The van der Waals surface area contributed by atoms with E-state index in [9.17, 15) is 0 Å². The summed E-state index contributed by atoms with van der Waals surface area (Å²) in [5, 5.41) is 7.52. The van der Waals surface area contributed by atoms with Gasteiger partial charge < -0.3 is 24.8 Å². The van der Waals surface area contributed by atoms with Gasteiger partial charge in [0, 0.05) is 18.0 Å². The van der Waals surface area contributed by atoms with E-state index in [0.29, 0.717) is 19.7 Å². The summed E-state index contributed by atoms with van der Waals surface area (Å²) in [7, 11) is 1.74. The molecule has 0 spiro atoms. The number of thiazole rings is 1. The zero-order valence-corrected chi connectivity index (χ0v) is 15.4. The highest BCUT2D eigenvalue weighted by Gasteiger charge is 2.13. The molecule has 1 aromatic carbocycles. The van der Waals surface area contributed by atoms with Crippen molar-refractivity contribution in [2.45, 2.75) is 20.4 Å². The zero-order valence-electron chi connectivity index (χ0n) is 14.6. The van der Waals surface area contributed by atoms with Gasteiger partial charge in [-0.2, -0.15) is 0 Å². The lowest BCUT2D eigenvalue weighted by Crippen LogP contribution is -2.38. The Hall–Kier alpha value is -2.48. The largest absolute Gasteiger partial charge is 0.492 e. The third kappa shape index (κ3) is 4.54. The maximum absolute atomic E-state index is 5.72. The van der Waals surface area contributed by atoms with E-state index in [1.807, 2.05) is 25.1 Å². The monoisotopic (exact) mass is 362 g/mol. The van der Waals surface area contributed by atoms with E-state index in [1.54, 1.807) is 18.4 Å². The van der Waals surface area contributed by atoms with Gasteiger partial charge in [0.1, 0.15) is 17.4 Å². The molecule has 1 aromatic heterocycles. The molecule has 0 unspecified atom stereocenters. The van der Waals surface area contributed by atoms with Crippen LogP contribution in [0.4, 0.5) is 0 Å². The SMILES string of the molecule is CN=C(NCCOc1ccc2c(c1)OCO2)NCc1nc(C)c(C)s1. The Labute approximate surface area is 151 Å². The van der Waals surface area contributed by atoms with Crippen LogP contribution in [0.3, 0.4) is 0 Å². The van der Waals surface area contributed by atoms with Crippen LogP contribution in [0.1, 0.15) is 15.6 Å². The number of rotatable bonds is 6. The first-order valence-corrected chi connectivity index (χ1v) is 8.87. The van der Waals surface area contributed by atoms with Crippen LogP contribution in [0.25, 0.3) is 0 Å². The molecule has 3 rings (SSSR count). The summed E-state index contributed by atoms with van der Waals surface area (Å²) in [5.74, 6) is 2.95. The second kappa shape index (κ2) is 8.06. The molecule has 0 fully saturated rings. The van der Waals surface area contributed by atoms with Crippen molar-refractivity contribution in [1.82, 2.24) is 15.6 Å². The fraction of sp³-hybridized carbons (Fsp3) is 0.412. The Kier molecular flexibility index (Phi) is 5.60. The number of hydrogen-bond donors (Lipinski definition) is 2. The van der Waals surface area contributed by atoms with E-state index in [1.165, 1.54) is 4.88 Å². The number of fused-ring (bicyclic) bond motifs is 1. The Morgan fingerprint density at radius 2 is 2.12 bits per heavy atom.